The van der Waals surface area contributed by atoms with Crippen molar-refractivity contribution in [3.8, 4) is 0 Å². The zero-order chi connectivity index (χ0) is 11.4. The summed E-state index contributed by atoms with van der Waals surface area (Å²) in [5.74, 6) is 0. The third-order valence-corrected chi connectivity index (χ3v) is 3.12. The van der Waals surface area contributed by atoms with Crippen LogP contribution in [0.3, 0.4) is 0 Å². The van der Waals surface area contributed by atoms with E-state index in [0.29, 0.717) is 11.3 Å². The third kappa shape index (κ3) is 2.62. The van der Waals surface area contributed by atoms with Gasteiger partial charge in [-0.15, -0.1) is 0 Å². The topological polar surface area (TPSA) is 51.0 Å². The van der Waals surface area contributed by atoms with Gasteiger partial charge in [0.15, 0.2) is 0 Å². The van der Waals surface area contributed by atoms with E-state index in [2.05, 4.69) is 28.3 Å². The molecule has 0 aromatic carbocycles. The molecule has 0 aliphatic rings. The Balaban J connectivity index is 2.07. The standard InChI is InChI=1S/C11H13N3OS/c1-8(12-2)9-3-4-10(14-7-9)16-11-13-5-6-15-11/h3-8,12H,1-2H3. The maximum absolute atomic E-state index is 5.14. The van der Waals surface area contributed by atoms with E-state index in [1.54, 1.807) is 12.5 Å². The first-order valence-corrected chi connectivity index (χ1v) is 5.82. The van der Waals surface area contributed by atoms with Crippen LogP contribution in [0.25, 0.3) is 0 Å². The molecular weight excluding hydrogens is 222 g/mol. The van der Waals surface area contributed by atoms with Gasteiger partial charge in [-0.05, 0) is 37.4 Å². The molecule has 84 valence electrons. The molecule has 0 radical (unpaired) electrons. The Morgan fingerprint density at radius 2 is 2.25 bits per heavy atom. The second kappa shape index (κ2) is 5.14. The van der Waals surface area contributed by atoms with Gasteiger partial charge in [0, 0.05) is 12.2 Å². The van der Waals surface area contributed by atoms with E-state index in [1.165, 1.54) is 17.3 Å². The lowest BCUT2D eigenvalue weighted by molar-refractivity contribution is 0.454. The number of hydrogen-bond donors (Lipinski definition) is 1. The zero-order valence-corrected chi connectivity index (χ0v) is 9.99. The van der Waals surface area contributed by atoms with Crippen molar-refractivity contribution in [2.24, 2.45) is 0 Å². The van der Waals surface area contributed by atoms with Gasteiger partial charge in [0.05, 0.1) is 6.20 Å². The van der Waals surface area contributed by atoms with Crippen molar-refractivity contribution < 1.29 is 4.42 Å². The number of hydrogen-bond acceptors (Lipinski definition) is 5. The molecular formula is C11H13N3OS. The summed E-state index contributed by atoms with van der Waals surface area (Å²) in [5.41, 5.74) is 1.17. The Kier molecular flexibility index (Phi) is 3.58. The van der Waals surface area contributed by atoms with Gasteiger partial charge in [-0.2, -0.15) is 0 Å². The van der Waals surface area contributed by atoms with Crippen LogP contribution in [0.5, 0.6) is 0 Å². The van der Waals surface area contributed by atoms with Crippen LogP contribution in [0, 0.1) is 0 Å². The van der Waals surface area contributed by atoms with Crippen LogP contribution in [-0.4, -0.2) is 17.0 Å². The van der Waals surface area contributed by atoms with Gasteiger partial charge in [0.1, 0.15) is 11.3 Å². The smallest absolute Gasteiger partial charge is 0.261 e. The monoisotopic (exact) mass is 235 g/mol. The van der Waals surface area contributed by atoms with Gasteiger partial charge < -0.3 is 9.73 Å². The molecule has 2 heterocycles. The Bertz CT molecular complexity index is 427. The highest BCUT2D eigenvalue weighted by Crippen LogP contribution is 2.24. The Morgan fingerprint density at radius 3 is 2.81 bits per heavy atom. The summed E-state index contributed by atoms with van der Waals surface area (Å²) >= 11 is 1.41. The SMILES string of the molecule is CNC(C)c1ccc(Sc2ncco2)nc1. The molecule has 0 fully saturated rings. The third-order valence-electron chi connectivity index (χ3n) is 2.29. The summed E-state index contributed by atoms with van der Waals surface area (Å²) in [7, 11) is 1.93. The maximum atomic E-state index is 5.14. The lowest BCUT2D eigenvalue weighted by Crippen LogP contribution is -2.12. The molecule has 16 heavy (non-hydrogen) atoms. The lowest BCUT2D eigenvalue weighted by Gasteiger charge is -2.09. The van der Waals surface area contributed by atoms with Crippen molar-refractivity contribution in [2.75, 3.05) is 7.05 Å². The lowest BCUT2D eigenvalue weighted by atomic mass is 10.1. The number of pyridine rings is 1. The number of oxazole rings is 1. The van der Waals surface area contributed by atoms with E-state index in [4.69, 9.17) is 4.42 Å². The van der Waals surface area contributed by atoms with Crippen molar-refractivity contribution >= 4 is 11.8 Å². The van der Waals surface area contributed by atoms with Crippen LogP contribution in [0.4, 0.5) is 0 Å². The van der Waals surface area contributed by atoms with Crippen molar-refractivity contribution in [1.82, 2.24) is 15.3 Å². The van der Waals surface area contributed by atoms with Gasteiger partial charge in [-0.1, -0.05) is 6.07 Å². The normalized spacial score (nSPS) is 12.6. The fourth-order valence-electron chi connectivity index (χ4n) is 1.23. The molecule has 1 N–H and O–H groups in total. The van der Waals surface area contributed by atoms with E-state index in [9.17, 15) is 0 Å². The first-order chi connectivity index (χ1) is 7.79. The minimum atomic E-state index is 0.313. The molecule has 0 bridgehead atoms. The second-order valence-corrected chi connectivity index (χ2v) is 4.31. The van der Waals surface area contributed by atoms with E-state index < -0.39 is 0 Å². The van der Waals surface area contributed by atoms with Crippen LogP contribution in [-0.2, 0) is 0 Å². The van der Waals surface area contributed by atoms with E-state index in [0.717, 1.165) is 5.03 Å². The average molecular weight is 235 g/mol. The molecule has 4 nitrogen and oxygen atoms in total. The minimum Gasteiger partial charge on any atom is -0.440 e. The van der Waals surface area contributed by atoms with Crippen molar-refractivity contribution in [3.63, 3.8) is 0 Å². The summed E-state index contributed by atoms with van der Waals surface area (Å²) in [6.07, 6.45) is 5.05. The molecule has 0 aliphatic heterocycles. The van der Waals surface area contributed by atoms with Gasteiger partial charge in [-0.3, -0.25) is 0 Å². The van der Waals surface area contributed by atoms with E-state index in [1.807, 2.05) is 19.3 Å². The van der Waals surface area contributed by atoms with Crippen LogP contribution < -0.4 is 5.32 Å². The molecule has 0 amide bonds. The fourth-order valence-corrected chi connectivity index (χ4v) is 1.86. The van der Waals surface area contributed by atoms with Crippen molar-refractivity contribution in [3.05, 3.63) is 36.4 Å². The summed E-state index contributed by atoms with van der Waals surface area (Å²) < 4.78 is 5.14. The molecule has 0 saturated carbocycles. The van der Waals surface area contributed by atoms with Gasteiger partial charge in [0.25, 0.3) is 5.22 Å². The molecule has 2 aromatic heterocycles. The summed E-state index contributed by atoms with van der Waals surface area (Å²) in [4.78, 5) is 8.37. The summed E-state index contributed by atoms with van der Waals surface area (Å²) in [5, 5.41) is 4.67. The molecule has 5 heteroatoms. The molecule has 1 unspecified atom stereocenters. The van der Waals surface area contributed by atoms with Gasteiger partial charge in [-0.25, -0.2) is 9.97 Å². The average Bonchev–Trinajstić information content (AvgIpc) is 2.82. The minimum absolute atomic E-state index is 0.313. The Labute approximate surface area is 98.5 Å². The number of aromatic nitrogens is 2. The highest BCUT2D eigenvalue weighted by atomic mass is 32.2. The number of rotatable bonds is 4. The van der Waals surface area contributed by atoms with E-state index >= 15 is 0 Å². The summed E-state index contributed by atoms with van der Waals surface area (Å²) in [6.45, 7) is 2.10. The predicted molar refractivity (Wildman–Crippen MR) is 62.3 cm³/mol. The fraction of sp³-hybridized carbons (Fsp3) is 0.273. The van der Waals surface area contributed by atoms with Gasteiger partial charge in [0.2, 0.25) is 0 Å². The first kappa shape index (κ1) is 11.2. The largest absolute Gasteiger partial charge is 0.440 e. The van der Waals surface area contributed by atoms with Crippen molar-refractivity contribution in [2.45, 2.75) is 23.2 Å². The molecule has 0 saturated heterocycles. The highest BCUT2D eigenvalue weighted by molar-refractivity contribution is 7.99. The molecule has 0 spiro atoms. The van der Waals surface area contributed by atoms with Crippen molar-refractivity contribution in [1.29, 1.82) is 0 Å². The molecule has 2 aromatic rings. The Morgan fingerprint density at radius 1 is 1.38 bits per heavy atom. The van der Waals surface area contributed by atoms with Crippen LogP contribution >= 0.6 is 11.8 Å². The van der Waals surface area contributed by atoms with E-state index in [-0.39, 0.29) is 0 Å². The predicted octanol–water partition coefficient (Wildman–Crippen LogP) is 2.50. The van der Waals surface area contributed by atoms with Gasteiger partial charge >= 0.3 is 0 Å². The zero-order valence-electron chi connectivity index (χ0n) is 9.18. The molecule has 0 aliphatic carbocycles. The number of nitrogens with zero attached hydrogens (tertiary/aromatic N) is 2. The van der Waals surface area contributed by atoms with Crippen LogP contribution in [0.15, 0.2) is 45.5 Å². The molecule has 1 atom stereocenters. The Hall–Kier alpha value is -1.33. The first-order valence-electron chi connectivity index (χ1n) is 5.00. The van der Waals surface area contributed by atoms with Crippen LogP contribution in [0.2, 0.25) is 0 Å². The number of nitrogens with one attached hydrogen (secondary N) is 1. The highest BCUT2D eigenvalue weighted by Gasteiger charge is 2.05. The maximum Gasteiger partial charge on any atom is 0.261 e. The second-order valence-electron chi connectivity index (χ2n) is 3.34. The van der Waals surface area contributed by atoms with Crippen LogP contribution in [0.1, 0.15) is 18.5 Å². The quantitative estimate of drug-likeness (QED) is 0.882. The summed E-state index contributed by atoms with van der Waals surface area (Å²) in [6, 6.07) is 4.34. The molecule has 2 rings (SSSR count).